The molecule has 0 heterocycles. The van der Waals surface area contributed by atoms with E-state index in [2.05, 4.69) is 0 Å². The Morgan fingerprint density at radius 1 is 1.38 bits per heavy atom. The molecule has 0 aliphatic rings. The van der Waals surface area contributed by atoms with Crippen LogP contribution in [0.1, 0.15) is 32.4 Å². The van der Waals surface area contributed by atoms with E-state index < -0.39 is 17.7 Å². The number of aldehydes is 1. The van der Waals surface area contributed by atoms with Crippen LogP contribution in [0.5, 0.6) is 11.5 Å². The fourth-order valence-corrected chi connectivity index (χ4v) is 1.76. The van der Waals surface area contributed by atoms with Crippen LogP contribution < -0.4 is 4.74 Å². The van der Waals surface area contributed by atoms with Gasteiger partial charge in [-0.05, 0) is 32.9 Å². The number of phenolic OH excluding ortho intramolecular Hbond substituents is 1. The molecule has 116 valence electrons. The zero-order valence-electron chi connectivity index (χ0n) is 12.9. The van der Waals surface area contributed by atoms with Gasteiger partial charge in [-0.1, -0.05) is 0 Å². The zero-order chi connectivity index (χ0) is 16.2. The van der Waals surface area contributed by atoms with Gasteiger partial charge in [-0.3, -0.25) is 4.90 Å². The Kier molecular flexibility index (Phi) is 5.18. The van der Waals surface area contributed by atoms with Crippen LogP contribution in [0.15, 0.2) is 18.2 Å². The van der Waals surface area contributed by atoms with E-state index in [1.807, 2.05) is 0 Å². The molecule has 0 radical (unpaired) electrons. The molecule has 1 aromatic rings. The highest BCUT2D eigenvalue weighted by atomic mass is 16.6. The van der Waals surface area contributed by atoms with Crippen molar-refractivity contribution in [1.29, 1.82) is 0 Å². The minimum Gasteiger partial charge on any atom is -0.508 e. The number of methoxy groups -OCH3 is 1. The van der Waals surface area contributed by atoms with E-state index in [1.165, 1.54) is 37.3 Å². The highest BCUT2D eigenvalue weighted by Crippen LogP contribution is 2.31. The van der Waals surface area contributed by atoms with Crippen LogP contribution in [0.4, 0.5) is 4.79 Å². The van der Waals surface area contributed by atoms with Crippen LogP contribution in [0.2, 0.25) is 0 Å². The molecular weight excluding hydrogens is 274 g/mol. The van der Waals surface area contributed by atoms with Crippen molar-refractivity contribution in [1.82, 2.24) is 4.90 Å². The molecule has 0 saturated carbocycles. The van der Waals surface area contributed by atoms with Crippen molar-refractivity contribution >= 4 is 12.4 Å². The lowest BCUT2D eigenvalue weighted by Crippen LogP contribution is -2.37. The summed E-state index contributed by atoms with van der Waals surface area (Å²) in [6.07, 6.45) is 0.00784. The summed E-state index contributed by atoms with van der Waals surface area (Å²) < 4.78 is 10.4. The van der Waals surface area contributed by atoms with Crippen LogP contribution in [0.25, 0.3) is 0 Å². The van der Waals surface area contributed by atoms with Gasteiger partial charge in [0.2, 0.25) is 0 Å². The van der Waals surface area contributed by atoms with Gasteiger partial charge in [0.1, 0.15) is 29.4 Å². The number of carbonyl (C=O) groups excluding carboxylic acids is 2. The second-order valence-corrected chi connectivity index (χ2v) is 5.60. The lowest BCUT2D eigenvalue weighted by Gasteiger charge is -2.28. The largest absolute Gasteiger partial charge is 0.508 e. The molecule has 21 heavy (non-hydrogen) atoms. The Morgan fingerprint density at radius 3 is 2.48 bits per heavy atom. The number of amides is 1. The summed E-state index contributed by atoms with van der Waals surface area (Å²) in [6.45, 7) is 5.24. The van der Waals surface area contributed by atoms with E-state index in [0.29, 0.717) is 17.6 Å². The van der Waals surface area contributed by atoms with Gasteiger partial charge in [-0.15, -0.1) is 0 Å². The first-order valence-electron chi connectivity index (χ1n) is 6.47. The summed E-state index contributed by atoms with van der Waals surface area (Å²) in [4.78, 5) is 24.6. The van der Waals surface area contributed by atoms with Crippen LogP contribution in [-0.2, 0) is 9.53 Å². The highest BCUT2D eigenvalue weighted by molar-refractivity contribution is 5.75. The molecule has 1 aromatic carbocycles. The third-order valence-corrected chi connectivity index (χ3v) is 2.76. The highest BCUT2D eigenvalue weighted by Gasteiger charge is 2.28. The lowest BCUT2D eigenvalue weighted by atomic mass is 10.1. The number of carbonyl (C=O) groups is 2. The normalized spacial score (nSPS) is 12.4. The van der Waals surface area contributed by atoms with Gasteiger partial charge in [0.15, 0.2) is 0 Å². The van der Waals surface area contributed by atoms with E-state index in [4.69, 9.17) is 9.47 Å². The molecule has 1 unspecified atom stereocenters. The Balaban J connectivity index is 3.08. The molecule has 0 fully saturated rings. The predicted molar refractivity (Wildman–Crippen MR) is 77.5 cm³/mol. The van der Waals surface area contributed by atoms with Crippen molar-refractivity contribution in [2.24, 2.45) is 0 Å². The van der Waals surface area contributed by atoms with E-state index in [0.717, 1.165) is 0 Å². The number of benzene rings is 1. The average Bonchev–Trinajstić information content (AvgIpc) is 2.38. The topological polar surface area (TPSA) is 76.1 Å². The number of hydrogen-bond acceptors (Lipinski definition) is 5. The van der Waals surface area contributed by atoms with Crippen molar-refractivity contribution in [2.45, 2.75) is 32.4 Å². The SMILES string of the molecule is COc1cc(O)ccc1C(C=O)N(C)C(=O)OC(C)(C)C. The molecule has 0 spiro atoms. The van der Waals surface area contributed by atoms with Gasteiger partial charge >= 0.3 is 6.09 Å². The van der Waals surface area contributed by atoms with E-state index in [9.17, 15) is 14.7 Å². The van der Waals surface area contributed by atoms with Gasteiger partial charge in [0.05, 0.1) is 7.11 Å². The fourth-order valence-electron chi connectivity index (χ4n) is 1.76. The molecule has 0 bridgehead atoms. The van der Waals surface area contributed by atoms with Gasteiger partial charge < -0.3 is 19.4 Å². The molecule has 6 nitrogen and oxygen atoms in total. The predicted octanol–water partition coefficient (Wildman–Crippen LogP) is 2.51. The molecule has 0 saturated heterocycles. The summed E-state index contributed by atoms with van der Waals surface area (Å²) >= 11 is 0. The Hall–Kier alpha value is -2.24. The van der Waals surface area contributed by atoms with Crippen molar-refractivity contribution in [3.63, 3.8) is 0 Å². The molecular formula is C15H21NO5. The maximum Gasteiger partial charge on any atom is 0.410 e. The first-order valence-corrected chi connectivity index (χ1v) is 6.47. The monoisotopic (exact) mass is 295 g/mol. The Labute approximate surface area is 124 Å². The molecule has 0 aliphatic carbocycles. The first kappa shape index (κ1) is 16.8. The third kappa shape index (κ3) is 4.37. The number of rotatable bonds is 4. The van der Waals surface area contributed by atoms with Crippen molar-refractivity contribution < 1.29 is 24.2 Å². The molecule has 1 rings (SSSR count). The standard InChI is InChI=1S/C15H21NO5/c1-15(2,3)21-14(19)16(4)12(9-17)11-7-6-10(18)8-13(11)20-5/h6-9,12,18H,1-5H3. The number of nitrogens with zero attached hydrogens (tertiary/aromatic N) is 1. The van der Waals surface area contributed by atoms with E-state index in [-0.39, 0.29) is 5.75 Å². The number of likely N-dealkylation sites (N-methyl/N-ethyl adjacent to an activating group) is 1. The van der Waals surface area contributed by atoms with Crippen molar-refractivity contribution in [3.8, 4) is 11.5 Å². The van der Waals surface area contributed by atoms with Gasteiger partial charge in [0, 0.05) is 18.7 Å². The minimum absolute atomic E-state index is 0.0140. The number of hydrogen-bond donors (Lipinski definition) is 1. The molecule has 0 aliphatic heterocycles. The van der Waals surface area contributed by atoms with Crippen molar-refractivity contribution in [2.75, 3.05) is 14.2 Å². The van der Waals surface area contributed by atoms with Crippen LogP contribution in [0.3, 0.4) is 0 Å². The summed E-state index contributed by atoms with van der Waals surface area (Å²) in [5.74, 6) is 0.336. The Morgan fingerprint density at radius 2 is 2.00 bits per heavy atom. The van der Waals surface area contributed by atoms with Crippen LogP contribution >= 0.6 is 0 Å². The molecule has 1 amide bonds. The smallest absolute Gasteiger partial charge is 0.410 e. The molecule has 6 heteroatoms. The average molecular weight is 295 g/mol. The summed E-state index contributed by atoms with van der Waals surface area (Å²) in [5.41, 5.74) is -0.184. The first-order chi connectivity index (χ1) is 9.69. The van der Waals surface area contributed by atoms with Gasteiger partial charge in [0.25, 0.3) is 0 Å². The van der Waals surface area contributed by atoms with Crippen LogP contribution in [-0.4, -0.2) is 42.1 Å². The molecule has 1 N–H and O–H groups in total. The number of phenols is 1. The second kappa shape index (κ2) is 6.47. The number of ether oxygens (including phenoxy) is 2. The van der Waals surface area contributed by atoms with E-state index >= 15 is 0 Å². The summed E-state index contributed by atoms with van der Waals surface area (Å²) in [6, 6.07) is 3.48. The summed E-state index contributed by atoms with van der Waals surface area (Å²) in [7, 11) is 2.90. The lowest BCUT2D eigenvalue weighted by molar-refractivity contribution is -0.112. The maximum atomic E-state index is 12.1. The minimum atomic E-state index is -0.865. The van der Waals surface area contributed by atoms with Crippen LogP contribution in [0, 0.1) is 0 Å². The second-order valence-electron chi connectivity index (χ2n) is 5.60. The Bertz CT molecular complexity index is 521. The van der Waals surface area contributed by atoms with Gasteiger partial charge in [-0.2, -0.15) is 0 Å². The van der Waals surface area contributed by atoms with E-state index in [1.54, 1.807) is 20.8 Å². The number of aromatic hydroxyl groups is 1. The third-order valence-electron chi connectivity index (χ3n) is 2.76. The quantitative estimate of drug-likeness (QED) is 0.864. The summed E-state index contributed by atoms with van der Waals surface area (Å²) in [5, 5.41) is 9.45. The van der Waals surface area contributed by atoms with Gasteiger partial charge in [-0.25, -0.2) is 4.79 Å². The molecule has 0 aromatic heterocycles. The zero-order valence-corrected chi connectivity index (χ0v) is 12.9. The fraction of sp³-hybridized carbons (Fsp3) is 0.467. The maximum absolute atomic E-state index is 12.1. The van der Waals surface area contributed by atoms with Crippen molar-refractivity contribution in [3.05, 3.63) is 23.8 Å². The molecule has 1 atom stereocenters.